The summed E-state index contributed by atoms with van der Waals surface area (Å²) in [5.41, 5.74) is -1.07. The van der Waals surface area contributed by atoms with Gasteiger partial charge in [0.1, 0.15) is 22.8 Å². The number of ketones is 1. The molecule has 3 aliphatic rings. The Bertz CT molecular complexity index is 877. The van der Waals surface area contributed by atoms with Gasteiger partial charge in [-0.2, -0.15) is 0 Å². The monoisotopic (exact) mass is 505 g/mol. The SMILES string of the molecule is COC(=O)c1ccc(O)c(NC(=O)CCC2(C)CC[C]3[CH][CH][CH][C]3C2=O)c1O.[CH]1[CH][CH][CH][CH]1.[Fe+2]. The average molecular weight is 505 g/mol. The van der Waals surface area contributed by atoms with Crippen molar-refractivity contribution in [3.05, 3.63) is 80.9 Å². The number of hydrogen-bond acceptors (Lipinski definition) is 6. The normalized spacial score (nSPS) is 22.2. The summed E-state index contributed by atoms with van der Waals surface area (Å²) in [4.78, 5) is 36.8. The fourth-order valence-electron chi connectivity index (χ4n) is 3.88. The summed E-state index contributed by atoms with van der Waals surface area (Å²) in [5.74, 6) is -0.420. The molecule has 0 heterocycles. The van der Waals surface area contributed by atoms with Gasteiger partial charge in [-0.05, 0) is 88.7 Å². The largest absolute Gasteiger partial charge is 2.00 e. The van der Waals surface area contributed by atoms with Crippen LogP contribution in [-0.2, 0) is 31.4 Å². The number of rotatable bonds is 5. The molecule has 0 bridgehead atoms. The van der Waals surface area contributed by atoms with Crippen LogP contribution in [0.15, 0.2) is 12.1 Å². The standard InChI is InChI=1S/C21H22NO6.C5H5.Fe/c1-21(10-8-12-4-3-5-13(12)19(21)26)11-9-16(24)22-17-15(23)7-6-14(18(17)25)20(27)28-2;1-2-4-5-3-1;/h3-7,23,25H,8-11H2,1-2H3,(H,22,24);1-5H;/q;;+2. The van der Waals surface area contributed by atoms with Crippen molar-refractivity contribution in [1.82, 2.24) is 0 Å². The van der Waals surface area contributed by atoms with Crippen molar-refractivity contribution in [3.8, 4) is 11.5 Å². The van der Waals surface area contributed by atoms with Gasteiger partial charge in [0, 0.05) is 11.8 Å². The van der Waals surface area contributed by atoms with Crippen molar-refractivity contribution in [1.29, 1.82) is 0 Å². The Hall–Kier alpha value is -2.05. The third-order valence-corrected chi connectivity index (χ3v) is 5.93. The number of nitrogens with one attached hydrogen (secondary N) is 1. The van der Waals surface area contributed by atoms with Crippen molar-refractivity contribution in [2.45, 2.75) is 32.6 Å². The van der Waals surface area contributed by atoms with Crippen LogP contribution >= 0.6 is 0 Å². The quantitative estimate of drug-likeness (QED) is 0.319. The Kier molecular flexibility index (Phi) is 10.4. The smallest absolute Gasteiger partial charge is 0.506 e. The van der Waals surface area contributed by atoms with Crippen molar-refractivity contribution in [2.24, 2.45) is 5.41 Å². The van der Waals surface area contributed by atoms with Gasteiger partial charge in [0.05, 0.1) is 13.0 Å². The van der Waals surface area contributed by atoms with Gasteiger partial charge in [0.15, 0.2) is 5.75 Å². The Balaban J connectivity index is 0.000000603. The predicted octanol–water partition coefficient (Wildman–Crippen LogP) is 3.77. The van der Waals surface area contributed by atoms with Crippen LogP contribution in [0.1, 0.15) is 43.0 Å². The van der Waals surface area contributed by atoms with Crippen LogP contribution in [0.3, 0.4) is 0 Å². The number of carbonyl (C=O) groups is 3. The maximum absolute atomic E-state index is 12.8. The van der Waals surface area contributed by atoms with E-state index in [1.807, 2.05) is 58.3 Å². The van der Waals surface area contributed by atoms with Gasteiger partial charge in [-0.3, -0.25) is 9.59 Å². The van der Waals surface area contributed by atoms with E-state index in [-0.39, 0.29) is 46.3 Å². The number of aromatic hydroxyl groups is 2. The number of phenols is 2. The maximum Gasteiger partial charge on any atom is 2.00 e. The third kappa shape index (κ3) is 6.54. The fraction of sp³-hybridized carbons (Fsp3) is 0.269. The molecule has 7 nitrogen and oxygen atoms in total. The number of carbonyl (C=O) groups excluding carboxylic acids is 3. The van der Waals surface area contributed by atoms with Gasteiger partial charge >= 0.3 is 23.0 Å². The second-order valence-corrected chi connectivity index (χ2v) is 8.21. The van der Waals surface area contributed by atoms with Crippen LogP contribution in [0.5, 0.6) is 11.5 Å². The number of benzene rings is 1. The maximum atomic E-state index is 12.8. The van der Waals surface area contributed by atoms with E-state index >= 15 is 0 Å². The van der Waals surface area contributed by atoms with Crippen LogP contribution in [0, 0.1) is 68.6 Å². The molecule has 1 aromatic carbocycles. The number of ether oxygens (including phenoxy) is 1. The minimum absolute atomic E-state index is 0. The molecule has 4 rings (SSSR count). The summed E-state index contributed by atoms with van der Waals surface area (Å²) in [6.07, 6.45) is 17.4. The number of Topliss-reactive ketones (excluding diaryl/α,β-unsaturated/α-hetero) is 1. The molecule has 3 saturated carbocycles. The van der Waals surface area contributed by atoms with Gasteiger partial charge in [-0.15, -0.1) is 0 Å². The van der Waals surface area contributed by atoms with E-state index in [0.717, 1.165) is 25.4 Å². The second kappa shape index (κ2) is 12.6. The Morgan fingerprint density at radius 3 is 2.32 bits per heavy atom. The van der Waals surface area contributed by atoms with Crippen LogP contribution < -0.4 is 5.32 Å². The first-order valence-corrected chi connectivity index (χ1v) is 10.7. The van der Waals surface area contributed by atoms with Gasteiger partial charge in [0.25, 0.3) is 0 Å². The van der Waals surface area contributed by atoms with Crippen LogP contribution in [0.25, 0.3) is 0 Å². The van der Waals surface area contributed by atoms with Crippen LogP contribution in [-0.4, -0.2) is 35.0 Å². The summed E-state index contributed by atoms with van der Waals surface area (Å²) < 4.78 is 4.56. The second-order valence-electron chi connectivity index (χ2n) is 8.21. The minimum atomic E-state index is -0.793. The van der Waals surface area contributed by atoms with E-state index in [1.165, 1.54) is 12.1 Å². The number of fused-ring (bicyclic) bond motifs is 1. The average Bonchev–Trinajstić information content (AvgIpc) is 3.53. The Morgan fingerprint density at radius 2 is 1.71 bits per heavy atom. The first kappa shape index (κ1) is 28.2. The van der Waals surface area contributed by atoms with Gasteiger partial charge < -0.3 is 20.3 Å². The molecule has 1 unspecified atom stereocenters. The van der Waals surface area contributed by atoms with Crippen molar-refractivity contribution in [3.63, 3.8) is 0 Å². The van der Waals surface area contributed by atoms with E-state index < -0.39 is 23.0 Å². The molecule has 1 aromatic rings. The van der Waals surface area contributed by atoms with Gasteiger partial charge in [-0.1, -0.05) is 6.92 Å². The summed E-state index contributed by atoms with van der Waals surface area (Å²) in [6.45, 7) is 1.85. The first-order valence-electron chi connectivity index (χ1n) is 10.7. The molecule has 0 saturated heterocycles. The summed E-state index contributed by atoms with van der Waals surface area (Å²) in [5, 5.41) is 22.5. The van der Waals surface area contributed by atoms with Crippen molar-refractivity contribution in [2.75, 3.05) is 12.4 Å². The molecule has 1 amide bonds. The topological polar surface area (TPSA) is 113 Å². The molecule has 3 aliphatic carbocycles. The Labute approximate surface area is 212 Å². The summed E-state index contributed by atoms with van der Waals surface area (Å²) in [7, 11) is 1.16. The molecule has 3 N–H and O–H groups in total. The molecule has 3 fully saturated rings. The zero-order valence-electron chi connectivity index (χ0n) is 19.0. The Morgan fingerprint density at radius 1 is 1.06 bits per heavy atom. The molecular formula is C26H27FeNO6+2. The first-order chi connectivity index (χ1) is 15.8. The molecule has 0 aromatic heterocycles. The number of amides is 1. The number of methoxy groups -OCH3 is 1. The molecule has 0 aliphatic heterocycles. The molecule has 0 spiro atoms. The molecule has 178 valence electrons. The number of hydrogen-bond donors (Lipinski definition) is 3. The molecule has 34 heavy (non-hydrogen) atoms. The molecule has 10 radical (unpaired) electrons. The molecular weight excluding hydrogens is 478 g/mol. The van der Waals surface area contributed by atoms with Crippen LogP contribution in [0.4, 0.5) is 5.69 Å². The van der Waals surface area contributed by atoms with Gasteiger partial charge in [-0.25, -0.2) is 4.79 Å². The van der Waals surface area contributed by atoms with Crippen molar-refractivity contribution >= 4 is 23.3 Å². The van der Waals surface area contributed by atoms with E-state index in [2.05, 4.69) is 10.1 Å². The minimum Gasteiger partial charge on any atom is -0.506 e. The van der Waals surface area contributed by atoms with E-state index in [0.29, 0.717) is 12.8 Å². The zero-order valence-corrected chi connectivity index (χ0v) is 20.1. The predicted molar refractivity (Wildman–Crippen MR) is 122 cm³/mol. The number of anilines is 1. The summed E-state index contributed by atoms with van der Waals surface area (Å²) >= 11 is 0. The fourth-order valence-corrected chi connectivity index (χ4v) is 3.88. The molecule has 8 heteroatoms. The molecule has 1 atom stereocenters. The van der Waals surface area contributed by atoms with Gasteiger partial charge in [0.2, 0.25) is 5.91 Å². The number of phenolic OH excluding ortho intramolecular Hbond substituents is 2. The van der Waals surface area contributed by atoms with Crippen LogP contribution in [0.2, 0.25) is 0 Å². The van der Waals surface area contributed by atoms with E-state index in [1.54, 1.807) is 0 Å². The zero-order chi connectivity index (χ0) is 24.0. The third-order valence-electron chi connectivity index (χ3n) is 5.93. The van der Waals surface area contributed by atoms with E-state index in [4.69, 9.17) is 0 Å². The number of esters is 1. The van der Waals surface area contributed by atoms with Crippen molar-refractivity contribution < 1.29 is 46.4 Å². The van der Waals surface area contributed by atoms with E-state index in [9.17, 15) is 24.6 Å². The summed E-state index contributed by atoms with van der Waals surface area (Å²) in [6, 6.07) is 2.38.